The van der Waals surface area contributed by atoms with Crippen molar-refractivity contribution in [1.29, 1.82) is 0 Å². The van der Waals surface area contributed by atoms with Crippen LogP contribution in [0.4, 0.5) is 11.4 Å². The molecule has 1 aliphatic heterocycles. The van der Waals surface area contributed by atoms with Crippen LogP contribution in [0.5, 0.6) is 5.75 Å². The number of carbonyl (C=O) groups is 1. The first-order valence-corrected chi connectivity index (χ1v) is 10.5. The van der Waals surface area contributed by atoms with Crippen LogP contribution in [0.25, 0.3) is 6.08 Å². The van der Waals surface area contributed by atoms with E-state index in [4.69, 9.17) is 4.74 Å². The van der Waals surface area contributed by atoms with E-state index in [2.05, 4.69) is 21.0 Å². The highest BCUT2D eigenvalue weighted by molar-refractivity contribution is 9.10. The van der Waals surface area contributed by atoms with E-state index in [1.807, 2.05) is 48.5 Å². The second-order valence-corrected chi connectivity index (χ2v) is 8.01. The molecule has 3 aromatic rings. The molecule has 8 heteroatoms. The number of nitrogens with zero attached hydrogens (tertiary/aromatic N) is 3. The van der Waals surface area contributed by atoms with Gasteiger partial charge in [0.05, 0.1) is 21.9 Å². The quantitative estimate of drug-likeness (QED) is 0.250. The number of rotatable bonds is 6. The van der Waals surface area contributed by atoms with Crippen molar-refractivity contribution in [1.82, 2.24) is 0 Å². The van der Waals surface area contributed by atoms with Gasteiger partial charge in [0, 0.05) is 22.2 Å². The summed E-state index contributed by atoms with van der Waals surface area (Å²) in [7, 11) is 0. The third-order valence-electron chi connectivity index (χ3n) is 4.88. The molecule has 0 unspecified atom stereocenters. The second kappa shape index (κ2) is 9.15. The fraction of sp³-hybridized carbons (Fsp3) is 0.0833. The van der Waals surface area contributed by atoms with E-state index in [0.29, 0.717) is 28.3 Å². The number of nitro groups is 1. The Bertz CT molecular complexity index is 1240. The summed E-state index contributed by atoms with van der Waals surface area (Å²) in [6.45, 7) is 2.02. The summed E-state index contributed by atoms with van der Waals surface area (Å²) in [5.41, 5.74) is 3.33. The van der Waals surface area contributed by atoms with Crippen molar-refractivity contribution in [2.75, 3.05) is 5.01 Å². The number of anilines is 1. The number of nitro benzene ring substituents is 1. The van der Waals surface area contributed by atoms with Crippen LogP contribution in [0, 0.1) is 10.1 Å². The van der Waals surface area contributed by atoms with Crippen LogP contribution < -0.4 is 9.75 Å². The molecule has 160 valence electrons. The van der Waals surface area contributed by atoms with Crippen LogP contribution in [-0.4, -0.2) is 16.5 Å². The van der Waals surface area contributed by atoms with Gasteiger partial charge in [-0.25, -0.2) is 0 Å². The molecule has 1 amide bonds. The molecule has 0 aliphatic carbocycles. The molecule has 7 nitrogen and oxygen atoms in total. The van der Waals surface area contributed by atoms with Gasteiger partial charge in [0.2, 0.25) is 0 Å². The normalized spacial score (nSPS) is 14.6. The van der Waals surface area contributed by atoms with Crippen molar-refractivity contribution in [3.8, 4) is 5.75 Å². The lowest BCUT2D eigenvalue weighted by Crippen LogP contribution is -2.21. The summed E-state index contributed by atoms with van der Waals surface area (Å²) < 4.78 is 6.81. The molecule has 0 saturated heterocycles. The van der Waals surface area contributed by atoms with Gasteiger partial charge in [-0.15, -0.1) is 0 Å². The largest absolute Gasteiger partial charge is 0.488 e. The van der Waals surface area contributed by atoms with Crippen molar-refractivity contribution in [2.24, 2.45) is 5.10 Å². The Morgan fingerprint density at radius 3 is 2.50 bits per heavy atom. The number of benzene rings is 3. The summed E-state index contributed by atoms with van der Waals surface area (Å²) in [6, 6.07) is 21.0. The highest BCUT2D eigenvalue weighted by Crippen LogP contribution is 2.30. The number of hydrogen-bond donors (Lipinski definition) is 0. The lowest BCUT2D eigenvalue weighted by molar-refractivity contribution is -0.384. The Balaban J connectivity index is 1.58. The van der Waals surface area contributed by atoms with E-state index in [0.717, 1.165) is 10.0 Å². The number of hydrazone groups is 1. The summed E-state index contributed by atoms with van der Waals surface area (Å²) in [4.78, 5) is 23.4. The highest BCUT2D eigenvalue weighted by atomic mass is 79.9. The van der Waals surface area contributed by atoms with E-state index in [9.17, 15) is 14.9 Å². The molecule has 0 aromatic heterocycles. The van der Waals surface area contributed by atoms with E-state index in [1.54, 1.807) is 25.1 Å². The molecule has 1 aliphatic rings. The molecule has 0 bridgehead atoms. The maximum Gasteiger partial charge on any atom is 0.280 e. The summed E-state index contributed by atoms with van der Waals surface area (Å²) in [6.07, 6.45) is 1.76. The Morgan fingerprint density at radius 2 is 1.81 bits per heavy atom. The lowest BCUT2D eigenvalue weighted by Gasteiger charge is -2.12. The van der Waals surface area contributed by atoms with Crippen molar-refractivity contribution < 1.29 is 14.5 Å². The monoisotopic (exact) mass is 491 g/mol. The zero-order chi connectivity index (χ0) is 22.7. The molecule has 3 aromatic carbocycles. The van der Waals surface area contributed by atoms with E-state index >= 15 is 0 Å². The number of amides is 1. The SMILES string of the molecule is CC1=NN(c2ccccc2)C(=O)/C1=C/c1cc(Br)ccc1OCc1ccc([N+](=O)[O-])cc1. The minimum atomic E-state index is -0.440. The second-order valence-electron chi connectivity index (χ2n) is 7.09. The third-order valence-corrected chi connectivity index (χ3v) is 5.37. The smallest absolute Gasteiger partial charge is 0.280 e. The molecular weight excluding hydrogens is 474 g/mol. The average Bonchev–Trinajstić information content (AvgIpc) is 3.08. The standard InChI is InChI=1S/C24H18BrN3O4/c1-16-22(24(29)27(26-16)20-5-3-2-4-6-20)14-18-13-19(25)9-12-23(18)32-15-17-7-10-21(11-8-17)28(30)31/h2-14H,15H2,1H3/b22-14+. The molecule has 0 saturated carbocycles. The maximum atomic E-state index is 13.0. The van der Waals surface area contributed by atoms with Gasteiger partial charge in [-0.05, 0) is 61.0 Å². The van der Waals surface area contributed by atoms with Crippen LogP contribution in [0.1, 0.15) is 18.1 Å². The molecule has 4 rings (SSSR count). The molecule has 0 atom stereocenters. The van der Waals surface area contributed by atoms with Crippen LogP contribution in [0.2, 0.25) is 0 Å². The topological polar surface area (TPSA) is 85.0 Å². The maximum absolute atomic E-state index is 13.0. The number of para-hydroxylation sites is 1. The van der Waals surface area contributed by atoms with Crippen molar-refractivity contribution in [2.45, 2.75) is 13.5 Å². The summed E-state index contributed by atoms with van der Waals surface area (Å²) in [5.74, 6) is 0.368. The van der Waals surface area contributed by atoms with Crippen molar-refractivity contribution >= 4 is 45.0 Å². The minimum absolute atomic E-state index is 0.0280. The summed E-state index contributed by atoms with van der Waals surface area (Å²) >= 11 is 3.47. The molecular formula is C24H18BrN3O4. The fourth-order valence-corrected chi connectivity index (χ4v) is 3.60. The molecule has 32 heavy (non-hydrogen) atoms. The predicted octanol–water partition coefficient (Wildman–Crippen LogP) is 5.74. The third kappa shape index (κ3) is 4.60. The first-order valence-electron chi connectivity index (χ1n) is 9.75. The Hall–Kier alpha value is -3.78. The van der Waals surface area contributed by atoms with E-state index in [1.165, 1.54) is 17.1 Å². The number of ether oxygens (including phenoxy) is 1. The molecule has 0 fully saturated rings. The highest BCUT2D eigenvalue weighted by Gasteiger charge is 2.28. The number of halogens is 1. The van der Waals surface area contributed by atoms with Gasteiger partial charge in [-0.1, -0.05) is 34.1 Å². The molecule has 0 N–H and O–H groups in total. The van der Waals surface area contributed by atoms with Gasteiger partial charge in [-0.3, -0.25) is 14.9 Å². The van der Waals surface area contributed by atoms with Crippen LogP contribution in [0.15, 0.2) is 87.9 Å². The van der Waals surface area contributed by atoms with Crippen molar-refractivity contribution in [3.63, 3.8) is 0 Å². The molecule has 1 heterocycles. The molecule has 0 radical (unpaired) electrons. The number of carbonyl (C=O) groups excluding carboxylic acids is 1. The lowest BCUT2D eigenvalue weighted by atomic mass is 10.1. The Labute approximate surface area is 192 Å². The van der Waals surface area contributed by atoms with Gasteiger partial charge < -0.3 is 4.74 Å². The summed E-state index contributed by atoms with van der Waals surface area (Å²) in [5, 5.41) is 16.6. The Morgan fingerprint density at radius 1 is 1.09 bits per heavy atom. The minimum Gasteiger partial charge on any atom is -0.488 e. The van der Waals surface area contributed by atoms with E-state index in [-0.39, 0.29) is 18.2 Å². The van der Waals surface area contributed by atoms with Crippen LogP contribution >= 0.6 is 15.9 Å². The average molecular weight is 492 g/mol. The van der Waals surface area contributed by atoms with E-state index < -0.39 is 4.92 Å². The first-order chi connectivity index (χ1) is 15.4. The number of non-ortho nitro benzene ring substituents is 1. The van der Waals surface area contributed by atoms with Crippen molar-refractivity contribution in [3.05, 3.63) is 104 Å². The first kappa shape index (κ1) is 21.5. The molecule has 0 spiro atoms. The van der Waals surface area contributed by atoms with Crippen LogP contribution in [-0.2, 0) is 11.4 Å². The van der Waals surface area contributed by atoms with Gasteiger partial charge >= 0.3 is 0 Å². The van der Waals surface area contributed by atoms with Crippen LogP contribution in [0.3, 0.4) is 0 Å². The zero-order valence-electron chi connectivity index (χ0n) is 17.1. The van der Waals surface area contributed by atoms with Gasteiger partial charge in [0.1, 0.15) is 12.4 Å². The predicted molar refractivity (Wildman–Crippen MR) is 127 cm³/mol. The van der Waals surface area contributed by atoms with Gasteiger partial charge in [0.15, 0.2) is 0 Å². The zero-order valence-corrected chi connectivity index (χ0v) is 18.7. The fourth-order valence-electron chi connectivity index (χ4n) is 3.22. The number of hydrogen-bond acceptors (Lipinski definition) is 5. The van der Waals surface area contributed by atoms with Gasteiger partial charge in [-0.2, -0.15) is 10.1 Å². The Kier molecular flexibility index (Phi) is 6.13. The van der Waals surface area contributed by atoms with Gasteiger partial charge in [0.25, 0.3) is 11.6 Å².